The highest BCUT2D eigenvalue weighted by molar-refractivity contribution is 6.12. The van der Waals surface area contributed by atoms with Gasteiger partial charge in [0.2, 0.25) is 0 Å². The lowest BCUT2D eigenvalue weighted by Gasteiger charge is -2.10. The van der Waals surface area contributed by atoms with Gasteiger partial charge in [0.05, 0.1) is 0 Å². The number of hydrogen-bond donors (Lipinski definition) is 0. The minimum Gasteiger partial charge on any atom is -0.0616 e. The van der Waals surface area contributed by atoms with Crippen molar-refractivity contribution in [3.8, 4) is 11.1 Å². The average Bonchev–Trinajstić information content (AvgIpc) is 2.67. The lowest BCUT2D eigenvalue weighted by atomic mass is 9.94. The molecule has 0 aliphatic heterocycles. The highest BCUT2D eigenvalue weighted by Gasteiger charge is 2.07. The summed E-state index contributed by atoms with van der Waals surface area (Å²) in [5.74, 6) is 0. The van der Waals surface area contributed by atoms with E-state index in [1.54, 1.807) is 0 Å². The van der Waals surface area contributed by atoms with Crippen LogP contribution in [0.2, 0.25) is 0 Å². The standard InChI is InChI=1S/C24H15/c1-2-8-19-16-20(13-12-17(19)6-1)22-10-5-11-23-21-9-4-3-7-18(21)14-15-24(22)23/h1-5,7-16H. The Kier molecular flexibility index (Phi) is 2.89. The maximum Gasteiger partial charge on any atom is -0.00990 e. The molecule has 0 bridgehead atoms. The largest absolute Gasteiger partial charge is 0.0616 e. The third-order valence-corrected chi connectivity index (χ3v) is 4.76. The Hall–Kier alpha value is -3.12. The van der Waals surface area contributed by atoms with Gasteiger partial charge in [0.15, 0.2) is 0 Å². The molecule has 0 aromatic heterocycles. The normalized spacial score (nSPS) is 11.3. The molecule has 5 aromatic carbocycles. The highest BCUT2D eigenvalue weighted by Crippen LogP contribution is 2.34. The number of fused-ring (bicyclic) bond motifs is 4. The monoisotopic (exact) mass is 303 g/mol. The highest BCUT2D eigenvalue weighted by atomic mass is 14.1. The Balaban J connectivity index is 1.83. The van der Waals surface area contributed by atoms with Gasteiger partial charge in [0.1, 0.15) is 0 Å². The molecule has 0 N–H and O–H groups in total. The molecule has 0 saturated heterocycles. The van der Waals surface area contributed by atoms with E-state index in [2.05, 4.69) is 84.9 Å². The van der Waals surface area contributed by atoms with Crippen molar-refractivity contribution in [3.63, 3.8) is 0 Å². The quantitative estimate of drug-likeness (QED) is 0.305. The topological polar surface area (TPSA) is 0 Å². The van der Waals surface area contributed by atoms with Gasteiger partial charge in [0.25, 0.3) is 0 Å². The first-order valence-electron chi connectivity index (χ1n) is 8.21. The van der Waals surface area contributed by atoms with Crippen LogP contribution in [0.15, 0.2) is 91.0 Å². The first-order valence-corrected chi connectivity index (χ1v) is 8.21. The third kappa shape index (κ3) is 2.00. The van der Waals surface area contributed by atoms with Crippen molar-refractivity contribution >= 4 is 32.3 Å². The molecule has 0 unspecified atom stereocenters. The molecule has 0 heterocycles. The average molecular weight is 303 g/mol. The predicted molar refractivity (Wildman–Crippen MR) is 103 cm³/mol. The first-order chi connectivity index (χ1) is 11.9. The molecule has 0 aliphatic carbocycles. The summed E-state index contributed by atoms with van der Waals surface area (Å²) < 4.78 is 0. The van der Waals surface area contributed by atoms with E-state index < -0.39 is 0 Å². The van der Waals surface area contributed by atoms with Crippen LogP contribution in [0, 0.1) is 6.07 Å². The summed E-state index contributed by atoms with van der Waals surface area (Å²) in [6.07, 6.45) is 0. The van der Waals surface area contributed by atoms with E-state index in [9.17, 15) is 0 Å². The number of rotatable bonds is 1. The molecule has 0 aliphatic rings. The Morgan fingerprint density at radius 2 is 1.42 bits per heavy atom. The van der Waals surface area contributed by atoms with Crippen molar-refractivity contribution in [3.05, 3.63) is 97.1 Å². The van der Waals surface area contributed by atoms with Crippen LogP contribution in [0.4, 0.5) is 0 Å². The van der Waals surface area contributed by atoms with Gasteiger partial charge in [-0.2, -0.15) is 0 Å². The Morgan fingerprint density at radius 1 is 0.542 bits per heavy atom. The van der Waals surface area contributed by atoms with E-state index >= 15 is 0 Å². The van der Waals surface area contributed by atoms with E-state index in [1.807, 2.05) is 12.1 Å². The molecule has 24 heavy (non-hydrogen) atoms. The van der Waals surface area contributed by atoms with Gasteiger partial charge in [0, 0.05) is 0 Å². The maximum absolute atomic E-state index is 3.29. The molecule has 111 valence electrons. The lowest BCUT2D eigenvalue weighted by molar-refractivity contribution is 1.68. The molecule has 0 fully saturated rings. The molecule has 5 aromatic rings. The van der Waals surface area contributed by atoms with Crippen LogP contribution in [0.5, 0.6) is 0 Å². The maximum atomic E-state index is 3.29. The molecule has 0 atom stereocenters. The molecule has 0 spiro atoms. The molecule has 0 heteroatoms. The summed E-state index contributed by atoms with van der Waals surface area (Å²) in [7, 11) is 0. The second kappa shape index (κ2) is 5.21. The summed E-state index contributed by atoms with van der Waals surface area (Å²) in [6, 6.07) is 35.7. The first kappa shape index (κ1) is 13.3. The van der Waals surface area contributed by atoms with E-state index in [0.29, 0.717) is 0 Å². The van der Waals surface area contributed by atoms with E-state index in [0.717, 1.165) is 5.39 Å². The summed E-state index contributed by atoms with van der Waals surface area (Å²) in [5.41, 5.74) is 2.53. The van der Waals surface area contributed by atoms with Crippen molar-refractivity contribution in [1.29, 1.82) is 0 Å². The second-order valence-electron chi connectivity index (χ2n) is 6.16. The lowest BCUT2D eigenvalue weighted by Crippen LogP contribution is -1.84. The second-order valence-corrected chi connectivity index (χ2v) is 6.16. The van der Waals surface area contributed by atoms with Crippen LogP contribution in [0.3, 0.4) is 0 Å². The van der Waals surface area contributed by atoms with Crippen molar-refractivity contribution in [2.24, 2.45) is 0 Å². The fourth-order valence-corrected chi connectivity index (χ4v) is 3.58. The van der Waals surface area contributed by atoms with Gasteiger partial charge in [-0.1, -0.05) is 84.9 Å². The van der Waals surface area contributed by atoms with E-state index in [1.165, 1.54) is 38.1 Å². The third-order valence-electron chi connectivity index (χ3n) is 4.76. The molecule has 0 saturated carbocycles. The van der Waals surface area contributed by atoms with Gasteiger partial charge in [-0.05, 0) is 55.6 Å². The van der Waals surface area contributed by atoms with E-state index in [-0.39, 0.29) is 0 Å². The molecule has 5 rings (SSSR count). The van der Waals surface area contributed by atoms with Crippen LogP contribution in [-0.4, -0.2) is 0 Å². The van der Waals surface area contributed by atoms with Crippen LogP contribution < -0.4 is 0 Å². The van der Waals surface area contributed by atoms with Gasteiger partial charge in [-0.25, -0.2) is 0 Å². The van der Waals surface area contributed by atoms with Crippen molar-refractivity contribution in [2.45, 2.75) is 0 Å². The molecule has 1 radical (unpaired) electrons. The van der Waals surface area contributed by atoms with Crippen LogP contribution in [0.1, 0.15) is 0 Å². The predicted octanol–water partition coefficient (Wildman–Crippen LogP) is 6.61. The zero-order chi connectivity index (χ0) is 15.9. The Morgan fingerprint density at radius 3 is 2.42 bits per heavy atom. The number of hydrogen-bond acceptors (Lipinski definition) is 0. The van der Waals surface area contributed by atoms with Gasteiger partial charge in [-0.15, -0.1) is 0 Å². The van der Waals surface area contributed by atoms with Crippen molar-refractivity contribution in [1.82, 2.24) is 0 Å². The van der Waals surface area contributed by atoms with Gasteiger partial charge >= 0.3 is 0 Å². The SMILES string of the molecule is [c]1cccc2cc(-c3cccc4c3ccc3ccccc34)ccc12. The van der Waals surface area contributed by atoms with Crippen LogP contribution in [0.25, 0.3) is 43.4 Å². The minimum absolute atomic E-state index is 1.16. The Bertz CT molecular complexity index is 1200. The fourth-order valence-electron chi connectivity index (χ4n) is 3.58. The van der Waals surface area contributed by atoms with Gasteiger partial charge < -0.3 is 0 Å². The smallest absolute Gasteiger partial charge is 0.00990 e. The van der Waals surface area contributed by atoms with E-state index in [4.69, 9.17) is 0 Å². The summed E-state index contributed by atoms with van der Waals surface area (Å²) in [4.78, 5) is 0. The summed E-state index contributed by atoms with van der Waals surface area (Å²) >= 11 is 0. The van der Waals surface area contributed by atoms with Crippen LogP contribution >= 0.6 is 0 Å². The van der Waals surface area contributed by atoms with Crippen molar-refractivity contribution in [2.75, 3.05) is 0 Å². The van der Waals surface area contributed by atoms with Gasteiger partial charge in [-0.3, -0.25) is 0 Å². The molecular formula is C24H15. The number of benzene rings is 5. The minimum atomic E-state index is 1.16. The zero-order valence-electron chi connectivity index (χ0n) is 13.2. The molecule has 0 amide bonds. The summed E-state index contributed by atoms with van der Waals surface area (Å²) in [6.45, 7) is 0. The molecule has 0 nitrogen and oxygen atoms in total. The zero-order valence-corrected chi connectivity index (χ0v) is 13.2. The molecular weight excluding hydrogens is 288 g/mol. The van der Waals surface area contributed by atoms with Crippen LogP contribution in [-0.2, 0) is 0 Å². The van der Waals surface area contributed by atoms with Crippen molar-refractivity contribution < 1.29 is 0 Å². The Labute approximate surface area is 141 Å². The fraction of sp³-hybridized carbons (Fsp3) is 0. The summed E-state index contributed by atoms with van der Waals surface area (Å²) in [5, 5.41) is 7.60.